The summed E-state index contributed by atoms with van der Waals surface area (Å²) in [5.74, 6) is -0.171. The summed E-state index contributed by atoms with van der Waals surface area (Å²) in [7, 11) is 1.59. The maximum atomic E-state index is 13.0. The third-order valence-electron chi connectivity index (χ3n) is 15.4. The minimum absolute atomic E-state index is 0.0638. The number of quaternary nitrogens is 1. The first-order valence-electron chi connectivity index (χ1n) is 33.2. The van der Waals surface area contributed by atoms with E-state index in [9.17, 15) is 19.4 Å². The molecule has 0 rings (SSSR count). The van der Waals surface area contributed by atoms with E-state index < -0.39 is 20.0 Å². The number of allylic oxidation sites excluding steroid dienone is 3. The highest BCUT2D eigenvalue weighted by Gasteiger charge is 2.28. The number of likely N-dealkylation sites (N-methyl/N-ethyl adjacent to an activating group) is 1. The molecule has 0 bridgehead atoms. The Labute approximate surface area is 468 Å². The molecule has 75 heavy (non-hydrogen) atoms. The van der Waals surface area contributed by atoms with Crippen LogP contribution in [0.5, 0.6) is 0 Å². The summed E-state index contributed by atoms with van der Waals surface area (Å²) >= 11 is 0. The number of carbonyl (C=O) groups excluding carboxylic acids is 1. The average molecular weight is 1080 g/mol. The van der Waals surface area contributed by atoms with Gasteiger partial charge in [0, 0.05) is 6.42 Å². The normalized spacial score (nSPS) is 13.9. The summed E-state index contributed by atoms with van der Waals surface area (Å²) in [5, 5.41) is 14.0. The fourth-order valence-corrected chi connectivity index (χ4v) is 11.0. The van der Waals surface area contributed by atoms with Crippen LogP contribution in [0.2, 0.25) is 0 Å². The Morgan fingerprint density at radius 1 is 0.440 bits per heavy atom. The van der Waals surface area contributed by atoms with Crippen molar-refractivity contribution in [2.75, 3.05) is 40.9 Å². The van der Waals surface area contributed by atoms with Crippen molar-refractivity contribution in [1.29, 1.82) is 0 Å². The minimum atomic E-state index is -4.35. The van der Waals surface area contributed by atoms with Crippen molar-refractivity contribution in [1.82, 2.24) is 5.32 Å². The summed E-state index contributed by atoms with van der Waals surface area (Å²) in [6.07, 6.45) is 74.5. The lowest BCUT2D eigenvalue weighted by molar-refractivity contribution is -0.870. The van der Waals surface area contributed by atoms with Crippen molar-refractivity contribution in [2.24, 2.45) is 0 Å². The largest absolute Gasteiger partial charge is 0.472 e. The summed E-state index contributed by atoms with van der Waals surface area (Å²) in [4.78, 5) is 23.4. The maximum absolute atomic E-state index is 13.0. The number of aliphatic hydroxyl groups excluding tert-OH is 1. The van der Waals surface area contributed by atoms with Gasteiger partial charge in [0.2, 0.25) is 5.91 Å². The number of nitrogens with one attached hydrogen (secondary N) is 1. The Bertz CT molecular complexity index is 1270. The van der Waals surface area contributed by atoms with Gasteiger partial charge >= 0.3 is 7.82 Å². The fraction of sp³-hybridized carbons (Fsp3) is 0.924. The molecule has 3 N–H and O–H groups in total. The van der Waals surface area contributed by atoms with Crippen LogP contribution in [0, 0.1) is 0 Å². The van der Waals surface area contributed by atoms with Crippen LogP contribution < -0.4 is 5.32 Å². The molecule has 446 valence electrons. The molecular formula is C66H132N2O6P+. The van der Waals surface area contributed by atoms with Gasteiger partial charge in [-0.15, -0.1) is 0 Å². The Kier molecular flexibility index (Phi) is 56.9. The number of phosphoric acid groups is 1. The third kappa shape index (κ3) is 60.5. The number of carbonyl (C=O) groups is 1. The molecule has 0 saturated heterocycles. The summed E-state index contributed by atoms with van der Waals surface area (Å²) < 4.78 is 23.8. The first-order chi connectivity index (χ1) is 36.5. The van der Waals surface area contributed by atoms with Gasteiger partial charge in [0.15, 0.2) is 0 Å². The monoisotopic (exact) mass is 1080 g/mol. The van der Waals surface area contributed by atoms with Crippen LogP contribution in [0.1, 0.15) is 341 Å². The molecule has 8 nitrogen and oxygen atoms in total. The molecule has 0 aliphatic rings. The van der Waals surface area contributed by atoms with Crippen molar-refractivity contribution in [2.45, 2.75) is 353 Å². The summed E-state index contributed by atoms with van der Waals surface area (Å²) in [5.41, 5.74) is 0. The molecular weight excluding hydrogens is 948 g/mol. The second kappa shape index (κ2) is 57.7. The van der Waals surface area contributed by atoms with Crippen LogP contribution in [-0.2, 0) is 18.4 Å². The predicted molar refractivity (Wildman–Crippen MR) is 328 cm³/mol. The van der Waals surface area contributed by atoms with Gasteiger partial charge in [-0.05, 0) is 44.9 Å². The molecule has 3 atom stereocenters. The molecule has 3 unspecified atom stereocenters. The SMILES string of the molecule is CCCCCCCCCC/C=C\CCCCCCCCCCCCCCCC(=O)NC(COP(=O)(O)OCC[N+](C)(C)C)C(O)/C=C/CCCCCCCCCCCCCCCCCCCCCCCCCCCC. The van der Waals surface area contributed by atoms with Crippen LogP contribution in [0.4, 0.5) is 0 Å². The second-order valence-corrected chi connectivity index (χ2v) is 25.7. The van der Waals surface area contributed by atoms with Gasteiger partial charge in [-0.2, -0.15) is 0 Å². The third-order valence-corrected chi connectivity index (χ3v) is 16.4. The highest BCUT2D eigenvalue weighted by molar-refractivity contribution is 7.47. The Morgan fingerprint density at radius 2 is 0.720 bits per heavy atom. The molecule has 0 aliphatic heterocycles. The average Bonchev–Trinajstić information content (AvgIpc) is 3.37. The van der Waals surface area contributed by atoms with E-state index in [4.69, 9.17) is 9.05 Å². The molecule has 0 aromatic carbocycles. The van der Waals surface area contributed by atoms with Gasteiger partial charge < -0.3 is 19.8 Å². The zero-order valence-corrected chi connectivity index (χ0v) is 52.0. The lowest BCUT2D eigenvalue weighted by atomic mass is 10.0. The Morgan fingerprint density at radius 3 is 1.03 bits per heavy atom. The fourth-order valence-electron chi connectivity index (χ4n) is 10.2. The zero-order chi connectivity index (χ0) is 54.9. The number of hydrogen-bond donors (Lipinski definition) is 3. The molecule has 0 heterocycles. The standard InChI is InChI=1S/C66H131N2O6P/c1-6-8-10-12-14-16-18-20-22-24-26-28-30-32-33-34-36-37-39-41-43-45-47-49-51-53-55-57-59-65(69)64(63-74-75(71,72)73-62-61-68(3,4)5)67-66(70)60-58-56-54-52-50-48-46-44-42-40-38-35-31-29-27-25-23-21-19-17-15-13-11-9-7-2/h25,27,57,59,64-65,69H,6-24,26,28-56,58,60-63H2,1-5H3,(H-,67,70,71,72)/p+1/b27-25-,59-57+. The van der Waals surface area contributed by atoms with Crippen molar-refractivity contribution < 1.29 is 32.9 Å². The highest BCUT2D eigenvalue weighted by atomic mass is 31.2. The molecule has 1 amide bonds. The van der Waals surface area contributed by atoms with E-state index in [0.717, 1.165) is 32.1 Å². The van der Waals surface area contributed by atoms with Gasteiger partial charge in [0.1, 0.15) is 13.2 Å². The van der Waals surface area contributed by atoms with Gasteiger partial charge in [0.25, 0.3) is 0 Å². The topological polar surface area (TPSA) is 105 Å². The van der Waals surface area contributed by atoms with Crippen molar-refractivity contribution in [3.63, 3.8) is 0 Å². The van der Waals surface area contributed by atoms with Crippen molar-refractivity contribution >= 4 is 13.7 Å². The van der Waals surface area contributed by atoms with E-state index in [-0.39, 0.29) is 19.1 Å². The van der Waals surface area contributed by atoms with Crippen molar-refractivity contribution in [3.8, 4) is 0 Å². The van der Waals surface area contributed by atoms with E-state index in [0.29, 0.717) is 17.4 Å². The quantitative estimate of drug-likeness (QED) is 0.0243. The van der Waals surface area contributed by atoms with Gasteiger partial charge in [-0.3, -0.25) is 13.8 Å². The molecule has 0 aliphatic carbocycles. The number of unbranched alkanes of at least 4 members (excludes halogenated alkanes) is 47. The van der Waals surface area contributed by atoms with Gasteiger partial charge in [0.05, 0.1) is 39.9 Å². The molecule has 9 heteroatoms. The van der Waals surface area contributed by atoms with Crippen LogP contribution >= 0.6 is 7.82 Å². The lowest BCUT2D eigenvalue weighted by Gasteiger charge is -2.25. The number of hydrogen-bond acceptors (Lipinski definition) is 5. The highest BCUT2D eigenvalue weighted by Crippen LogP contribution is 2.43. The first-order valence-corrected chi connectivity index (χ1v) is 34.7. The number of amides is 1. The summed E-state index contributed by atoms with van der Waals surface area (Å²) in [6.45, 7) is 4.87. The van der Waals surface area contributed by atoms with Gasteiger partial charge in [-0.25, -0.2) is 4.57 Å². The Balaban J connectivity index is 4.09. The smallest absolute Gasteiger partial charge is 0.387 e. The molecule has 0 fully saturated rings. The zero-order valence-electron chi connectivity index (χ0n) is 51.1. The number of aliphatic hydroxyl groups is 1. The molecule has 0 aromatic rings. The summed E-state index contributed by atoms with van der Waals surface area (Å²) in [6, 6.07) is -0.846. The van der Waals surface area contributed by atoms with Crippen LogP contribution in [0.15, 0.2) is 24.3 Å². The van der Waals surface area contributed by atoms with E-state index in [1.807, 2.05) is 27.2 Å². The molecule has 0 radical (unpaired) electrons. The molecule has 0 aromatic heterocycles. The second-order valence-electron chi connectivity index (χ2n) is 24.2. The van der Waals surface area contributed by atoms with Crippen LogP contribution in [-0.4, -0.2) is 73.4 Å². The van der Waals surface area contributed by atoms with Crippen molar-refractivity contribution in [3.05, 3.63) is 24.3 Å². The van der Waals surface area contributed by atoms with Crippen LogP contribution in [0.25, 0.3) is 0 Å². The minimum Gasteiger partial charge on any atom is -0.387 e. The number of nitrogens with zero attached hydrogens (tertiary/aromatic N) is 1. The number of phosphoric ester groups is 1. The molecule has 0 spiro atoms. The maximum Gasteiger partial charge on any atom is 0.472 e. The Hall–Kier alpha value is -1.02. The predicted octanol–water partition coefficient (Wildman–Crippen LogP) is 20.7. The van der Waals surface area contributed by atoms with E-state index in [1.54, 1.807) is 6.08 Å². The van der Waals surface area contributed by atoms with E-state index in [2.05, 4.69) is 31.3 Å². The lowest BCUT2D eigenvalue weighted by Crippen LogP contribution is -2.45. The van der Waals surface area contributed by atoms with Crippen LogP contribution in [0.3, 0.4) is 0 Å². The first kappa shape index (κ1) is 74.0. The van der Waals surface area contributed by atoms with Gasteiger partial charge in [-0.1, -0.05) is 314 Å². The van der Waals surface area contributed by atoms with E-state index in [1.165, 1.54) is 289 Å². The van der Waals surface area contributed by atoms with E-state index >= 15 is 0 Å². The molecule has 0 saturated carbocycles. The number of rotatable bonds is 62.